The third kappa shape index (κ3) is 2.51. The molecule has 0 fully saturated rings. The highest BCUT2D eigenvalue weighted by atomic mass is 32.2. The molecule has 0 atom stereocenters. The van der Waals surface area contributed by atoms with E-state index in [0.717, 1.165) is 0 Å². The summed E-state index contributed by atoms with van der Waals surface area (Å²) in [7, 11) is -4.11. The van der Waals surface area contributed by atoms with Gasteiger partial charge in [-0.1, -0.05) is 18.2 Å². The molecule has 3 N–H and O–H groups in total. The van der Waals surface area contributed by atoms with E-state index in [1.165, 1.54) is 6.07 Å². The fourth-order valence-corrected chi connectivity index (χ4v) is 1.87. The second-order valence-corrected chi connectivity index (χ2v) is 4.01. The molecule has 0 aliphatic carbocycles. The Morgan fingerprint density at radius 3 is 2.46 bits per heavy atom. The van der Waals surface area contributed by atoms with Gasteiger partial charge in [-0.15, -0.1) is 0 Å². The normalized spacial score (nSPS) is 11.5. The van der Waals surface area contributed by atoms with Gasteiger partial charge < -0.3 is 5.73 Å². The van der Waals surface area contributed by atoms with Gasteiger partial charge in [0.1, 0.15) is 0 Å². The van der Waals surface area contributed by atoms with E-state index >= 15 is 0 Å². The molecule has 1 aromatic rings. The van der Waals surface area contributed by atoms with Crippen molar-refractivity contribution in [3.05, 3.63) is 29.8 Å². The zero-order chi connectivity index (χ0) is 9.90. The van der Waals surface area contributed by atoms with E-state index < -0.39 is 10.1 Å². The minimum atomic E-state index is -4.11. The van der Waals surface area contributed by atoms with Crippen molar-refractivity contribution in [2.75, 3.05) is 6.54 Å². The Balaban J connectivity index is 3.20. The molecule has 0 aliphatic rings. The van der Waals surface area contributed by atoms with Gasteiger partial charge >= 0.3 is 0 Å². The molecule has 0 aliphatic heterocycles. The molecule has 0 radical (unpaired) electrons. The van der Waals surface area contributed by atoms with E-state index in [1.807, 2.05) is 0 Å². The molecule has 72 valence electrons. The molecule has 0 amide bonds. The Labute approximate surface area is 77.1 Å². The molecule has 0 aromatic heterocycles. The largest absolute Gasteiger partial charge is 0.330 e. The molecular weight excluding hydrogens is 190 g/mol. The maximum atomic E-state index is 10.8. The molecule has 0 saturated heterocycles. The quantitative estimate of drug-likeness (QED) is 0.695. The fourth-order valence-electron chi connectivity index (χ4n) is 1.12. The van der Waals surface area contributed by atoms with Crippen molar-refractivity contribution in [3.63, 3.8) is 0 Å². The van der Waals surface area contributed by atoms with Crippen molar-refractivity contribution in [3.8, 4) is 0 Å². The summed E-state index contributed by atoms with van der Waals surface area (Å²) >= 11 is 0. The van der Waals surface area contributed by atoms with Crippen LogP contribution in [0.1, 0.15) is 5.56 Å². The first-order valence-electron chi connectivity index (χ1n) is 3.81. The van der Waals surface area contributed by atoms with Crippen LogP contribution in [-0.2, 0) is 16.5 Å². The molecule has 1 aromatic carbocycles. The zero-order valence-corrected chi connectivity index (χ0v) is 7.79. The first-order chi connectivity index (χ1) is 6.05. The first-order valence-corrected chi connectivity index (χ1v) is 5.25. The molecule has 5 heteroatoms. The molecule has 0 spiro atoms. The van der Waals surface area contributed by atoms with Gasteiger partial charge in [0.15, 0.2) is 0 Å². The number of nitrogens with two attached hydrogens (primary N) is 1. The highest BCUT2D eigenvalue weighted by Gasteiger charge is 2.13. The van der Waals surface area contributed by atoms with Crippen LogP contribution in [0.15, 0.2) is 29.2 Å². The van der Waals surface area contributed by atoms with Gasteiger partial charge in [-0.05, 0) is 24.6 Å². The third-order valence-electron chi connectivity index (χ3n) is 1.66. The van der Waals surface area contributed by atoms with Crippen LogP contribution in [0.2, 0.25) is 0 Å². The van der Waals surface area contributed by atoms with Gasteiger partial charge in [0.2, 0.25) is 0 Å². The van der Waals surface area contributed by atoms with Crippen LogP contribution in [0.5, 0.6) is 0 Å². The summed E-state index contributed by atoms with van der Waals surface area (Å²) in [6, 6.07) is 6.26. The molecule has 1 rings (SSSR count). The topological polar surface area (TPSA) is 80.4 Å². The second-order valence-electron chi connectivity index (χ2n) is 2.62. The van der Waals surface area contributed by atoms with Crippen LogP contribution in [0.25, 0.3) is 0 Å². The van der Waals surface area contributed by atoms with Crippen molar-refractivity contribution < 1.29 is 13.0 Å². The molecule has 4 nitrogen and oxygen atoms in total. The van der Waals surface area contributed by atoms with Crippen LogP contribution < -0.4 is 5.73 Å². The lowest BCUT2D eigenvalue weighted by Crippen LogP contribution is -2.08. The summed E-state index contributed by atoms with van der Waals surface area (Å²) in [5, 5.41) is 0. The van der Waals surface area contributed by atoms with E-state index in [4.69, 9.17) is 10.3 Å². The molecule has 0 bridgehead atoms. The maximum Gasteiger partial charge on any atom is 0.294 e. The molecule has 13 heavy (non-hydrogen) atoms. The summed E-state index contributed by atoms with van der Waals surface area (Å²) in [5.74, 6) is 0. The molecule has 0 unspecified atom stereocenters. The second kappa shape index (κ2) is 3.87. The average Bonchev–Trinajstić information content (AvgIpc) is 2.04. The minimum absolute atomic E-state index is 0.0551. The SMILES string of the molecule is NCCc1ccccc1S(=O)(=O)O. The van der Waals surface area contributed by atoms with Crippen LogP contribution >= 0.6 is 0 Å². The smallest absolute Gasteiger partial charge is 0.294 e. The fraction of sp³-hybridized carbons (Fsp3) is 0.250. The van der Waals surface area contributed by atoms with Crippen molar-refractivity contribution in [1.29, 1.82) is 0 Å². The highest BCUT2D eigenvalue weighted by molar-refractivity contribution is 7.85. The van der Waals surface area contributed by atoms with Gasteiger partial charge in [-0.2, -0.15) is 8.42 Å². The Kier molecular flexibility index (Phi) is 3.02. The summed E-state index contributed by atoms with van der Waals surface area (Å²) in [4.78, 5) is -0.0551. The predicted octanol–water partition coefficient (Wildman–Crippen LogP) is 0.434. The number of hydrogen-bond acceptors (Lipinski definition) is 3. The average molecular weight is 201 g/mol. The van der Waals surface area contributed by atoms with E-state index in [0.29, 0.717) is 18.5 Å². The Hall–Kier alpha value is -0.910. The van der Waals surface area contributed by atoms with Crippen LogP contribution in [0.4, 0.5) is 0 Å². The van der Waals surface area contributed by atoms with Gasteiger partial charge in [-0.3, -0.25) is 4.55 Å². The van der Waals surface area contributed by atoms with Gasteiger partial charge in [0.05, 0.1) is 4.90 Å². The molecule has 0 heterocycles. The first kappa shape index (κ1) is 10.2. The van der Waals surface area contributed by atoms with Crippen LogP contribution in [0.3, 0.4) is 0 Å². The molecular formula is C8H11NO3S. The van der Waals surface area contributed by atoms with Crippen LogP contribution in [-0.4, -0.2) is 19.5 Å². The Morgan fingerprint density at radius 1 is 1.31 bits per heavy atom. The minimum Gasteiger partial charge on any atom is -0.330 e. The van der Waals surface area contributed by atoms with Crippen molar-refractivity contribution >= 4 is 10.1 Å². The lowest BCUT2D eigenvalue weighted by Gasteiger charge is -2.04. The highest BCUT2D eigenvalue weighted by Crippen LogP contribution is 2.14. The third-order valence-corrected chi connectivity index (χ3v) is 2.62. The summed E-state index contributed by atoms with van der Waals surface area (Å²) in [6.07, 6.45) is 0.440. The van der Waals surface area contributed by atoms with Crippen molar-refractivity contribution in [2.24, 2.45) is 5.73 Å². The van der Waals surface area contributed by atoms with Gasteiger partial charge in [0, 0.05) is 0 Å². The monoisotopic (exact) mass is 201 g/mol. The van der Waals surface area contributed by atoms with Crippen molar-refractivity contribution in [2.45, 2.75) is 11.3 Å². The lowest BCUT2D eigenvalue weighted by atomic mass is 10.1. The van der Waals surface area contributed by atoms with Gasteiger partial charge in [0.25, 0.3) is 10.1 Å². The summed E-state index contributed by atoms with van der Waals surface area (Å²) in [6.45, 7) is 0.354. The maximum absolute atomic E-state index is 10.8. The Bertz CT molecular complexity index is 386. The molecule has 0 saturated carbocycles. The number of rotatable bonds is 3. The summed E-state index contributed by atoms with van der Waals surface area (Å²) in [5.41, 5.74) is 5.84. The predicted molar refractivity (Wildman–Crippen MR) is 49.0 cm³/mol. The zero-order valence-electron chi connectivity index (χ0n) is 6.97. The van der Waals surface area contributed by atoms with Crippen LogP contribution in [0, 0.1) is 0 Å². The number of hydrogen-bond donors (Lipinski definition) is 2. The van der Waals surface area contributed by atoms with E-state index in [-0.39, 0.29) is 4.90 Å². The summed E-state index contributed by atoms with van der Waals surface area (Å²) < 4.78 is 30.5. The number of benzene rings is 1. The standard InChI is InChI=1S/C8H11NO3S/c9-6-5-7-3-1-2-4-8(7)13(10,11)12/h1-4H,5-6,9H2,(H,10,11,12). The van der Waals surface area contributed by atoms with E-state index in [1.54, 1.807) is 18.2 Å². The Morgan fingerprint density at radius 2 is 1.92 bits per heavy atom. The lowest BCUT2D eigenvalue weighted by molar-refractivity contribution is 0.482. The van der Waals surface area contributed by atoms with Crippen molar-refractivity contribution in [1.82, 2.24) is 0 Å². The van der Waals surface area contributed by atoms with E-state index in [9.17, 15) is 8.42 Å². The van der Waals surface area contributed by atoms with E-state index in [2.05, 4.69) is 0 Å². The van der Waals surface area contributed by atoms with Gasteiger partial charge in [-0.25, -0.2) is 0 Å².